The standard InChI is InChI=1S/C19H16O6/c20-15-11-23-16(12-24-18(21)13-7-3-1-4-8-13)17(15)25-19(22)14-9-5-2-6-10-14/h1-10,16-17H,11-12H2. The van der Waals surface area contributed by atoms with E-state index in [-0.39, 0.29) is 19.0 Å². The maximum atomic E-state index is 12.1. The quantitative estimate of drug-likeness (QED) is 0.775. The smallest absolute Gasteiger partial charge is 0.338 e. The van der Waals surface area contributed by atoms with Gasteiger partial charge in [-0.3, -0.25) is 4.79 Å². The Morgan fingerprint density at radius 1 is 0.920 bits per heavy atom. The first-order chi connectivity index (χ1) is 12.1. The van der Waals surface area contributed by atoms with Crippen LogP contribution in [-0.2, 0) is 19.0 Å². The summed E-state index contributed by atoms with van der Waals surface area (Å²) in [4.78, 5) is 36.0. The number of carbonyl (C=O) groups is 3. The first-order valence-corrected chi connectivity index (χ1v) is 7.77. The summed E-state index contributed by atoms with van der Waals surface area (Å²) in [6.07, 6.45) is -1.90. The third-order valence-electron chi connectivity index (χ3n) is 3.73. The molecular weight excluding hydrogens is 324 g/mol. The van der Waals surface area contributed by atoms with E-state index < -0.39 is 24.1 Å². The van der Waals surface area contributed by atoms with Crippen LogP contribution in [0.3, 0.4) is 0 Å². The molecule has 1 heterocycles. The number of benzene rings is 2. The van der Waals surface area contributed by atoms with E-state index in [1.807, 2.05) is 0 Å². The van der Waals surface area contributed by atoms with E-state index in [1.165, 1.54) is 0 Å². The molecule has 1 aliphatic rings. The van der Waals surface area contributed by atoms with Crippen LogP contribution in [0.25, 0.3) is 0 Å². The van der Waals surface area contributed by atoms with Gasteiger partial charge in [0, 0.05) is 0 Å². The molecule has 0 aliphatic carbocycles. The Labute approximate surface area is 144 Å². The van der Waals surface area contributed by atoms with Crippen molar-refractivity contribution in [3.8, 4) is 0 Å². The zero-order valence-electron chi connectivity index (χ0n) is 13.3. The van der Waals surface area contributed by atoms with Crippen LogP contribution in [0.1, 0.15) is 20.7 Å². The van der Waals surface area contributed by atoms with Gasteiger partial charge in [0.25, 0.3) is 0 Å². The van der Waals surface area contributed by atoms with Crippen molar-refractivity contribution in [2.45, 2.75) is 12.2 Å². The van der Waals surface area contributed by atoms with Crippen molar-refractivity contribution in [1.82, 2.24) is 0 Å². The fourth-order valence-electron chi connectivity index (χ4n) is 2.42. The summed E-state index contributed by atoms with van der Waals surface area (Å²) in [7, 11) is 0. The van der Waals surface area contributed by atoms with Crippen molar-refractivity contribution in [2.24, 2.45) is 0 Å². The predicted molar refractivity (Wildman–Crippen MR) is 87.1 cm³/mol. The Balaban J connectivity index is 1.60. The molecular formula is C19H16O6. The summed E-state index contributed by atoms with van der Waals surface area (Å²) < 4.78 is 15.7. The van der Waals surface area contributed by atoms with E-state index in [4.69, 9.17) is 14.2 Å². The molecule has 0 saturated carbocycles. The minimum absolute atomic E-state index is 0.174. The lowest BCUT2D eigenvalue weighted by molar-refractivity contribution is -0.124. The van der Waals surface area contributed by atoms with Crippen molar-refractivity contribution in [3.63, 3.8) is 0 Å². The van der Waals surface area contributed by atoms with Crippen LogP contribution in [0, 0.1) is 0 Å². The van der Waals surface area contributed by atoms with E-state index in [1.54, 1.807) is 60.7 Å². The number of esters is 2. The molecule has 3 rings (SSSR count). The van der Waals surface area contributed by atoms with Crippen LogP contribution >= 0.6 is 0 Å². The molecule has 0 amide bonds. The number of hydrogen-bond acceptors (Lipinski definition) is 6. The molecule has 1 saturated heterocycles. The minimum Gasteiger partial charge on any atom is -0.459 e. The van der Waals surface area contributed by atoms with Gasteiger partial charge >= 0.3 is 11.9 Å². The van der Waals surface area contributed by atoms with Gasteiger partial charge in [0.1, 0.15) is 19.3 Å². The van der Waals surface area contributed by atoms with E-state index in [2.05, 4.69) is 0 Å². The molecule has 25 heavy (non-hydrogen) atoms. The molecule has 2 unspecified atom stereocenters. The summed E-state index contributed by atoms with van der Waals surface area (Å²) in [6, 6.07) is 16.8. The fourth-order valence-corrected chi connectivity index (χ4v) is 2.42. The molecule has 128 valence electrons. The summed E-state index contributed by atoms with van der Waals surface area (Å²) in [6.45, 7) is -0.355. The van der Waals surface area contributed by atoms with Gasteiger partial charge in [-0.15, -0.1) is 0 Å². The molecule has 6 nitrogen and oxygen atoms in total. The lowest BCUT2D eigenvalue weighted by Crippen LogP contribution is -2.36. The molecule has 2 aromatic rings. The van der Waals surface area contributed by atoms with Gasteiger partial charge in [-0.2, -0.15) is 0 Å². The Morgan fingerprint density at radius 3 is 2.08 bits per heavy atom. The van der Waals surface area contributed by atoms with Crippen LogP contribution in [0.5, 0.6) is 0 Å². The topological polar surface area (TPSA) is 78.9 Å². The average Bonchev–Trinajstić information content (AvgIpc) is 3.01. The Morgan fingerprint density at radius 2 is 1.48 bits per heavy atom. The molecule has 2 atom stereocenters. The molecule has 1 aliphatic heterocycles. The predicted octanol–water partition coefficient (Wildman–Crippen LogP) is 2.04. The Bertz CT molecular complexity index is 756. The Hall–Kier alpha value is -2.99. The molecule has 0 spiro atoms. The van der Waals surface area contributed by atoms with Gasteiger partial charge in [0.15, 0.2) is 6.10 Å². The van der Waals surface area contributed by atoms with Gasteiger partial charge in [0.05, 0.1) is 11.1 Å². The lowest BCUT2D eigenvalue weighted by Gasteiger charge is -2.17. The Kier molecular flexibility index (Phi) is 5.20. The number of Topliss-reactive ketones (excluding diaryl/α,β-unsaturated/α-hetero) is 1. The maximum absolute atomic E-state index is 12.1. The van der Waals surface area contributed by atoms with Crippen LogP contribution in [0.2, 0.25) is 0 Å². The highest BCUT2D eigenvalue weighted by Gasteiger charge is 2.40. The van der Waals surface area contributed by atoms with Gasteiger partial charge in [0.2, 0.25) is 5.78 Å². The van der Waals surface area contributed by atoms with E-state index in [0.29, 0.717) is 11.1 Å². The fraction of sp³-hybridized carbons (Fsp3) is 0.211. The van der Waals surface area contributed by atoms with Crippen molar-refractivity contribution < 1.29 is 28.6 Å². The van der Waals surface area contributed by atoms with E-state index >= 15 is 0 Å². The molecule has 0 radical (unpaired) electrons. The molecule has 2 aromatic carbocycles. The van der Waals surface area contributed by atoms with Crippen molar-refractivity contribution >= 4 is 17.7 Å². The SMILES string of the molecule is O=C(OCC1OCC(=O)C1OC(=O)c1ccccc1)c1ccccc1. The van der Waals surface area contributed by atoms with Crippen molar-refractivity contribution in [1.29, 1.82) is 0 Å². The maximum Gasteiger partial charge on any atom is 0.338 e. The summed E-state index contributed by atoms with van der Waals surface area (Å²) in [5, 5.41) is 0. The zero-order valence-corrected chi connectivity index (χ0v) is 13.3. The lowest BCUT2D eigenvalue weighted by atomic mass is 10.1. The summed E-state index contributed by atoms with van der Waals surface area (Å²) in [5.41, 5.74) is 0.729. The molecule has 6 heteroatoms. The number of ether oxygens (including phenoxy) is 3. The molecule has 0 bridgehead atoms. The second kappa shape index (κ2) is 7.72. The van der Waals surface area contributed by atoms with Gasteiger partial charge < -0.3 is 14.2 Å². The van der Waals surface area contributed by atoms with Gasteiger partial charge in [-0.25, -0.2) is 9.59 Å². The normalized spacial score (nSPS) is 19.4. The minimum atomic E-state index is -1.09. The van der Waals surface area contributed by atoms with E-state index in [0.717, 1.165) is 0 Å². The summed E-state index contributed by atoms with van der Waals surface area (Å²) in [5.74, 6) is -1.51. The van der Waals surface area contributed by atoms with Crippen LogP contribution in [-0.4, -0.2) is 43.1 Å². The highest BCUT2D eigenvalue weighted by atomic mass is 16.6. The first-order valence-electron chi connectivity index (χ1n) is 7.77. The first kappa shape index (κ1) is 16.9. The van der Waals surface area contributed by atoms with Gasteiger partial charge in [-0.1, -0.05) is 36.4 Å². The van der Waals surface area contributed by atoms with E-state index in [9.17, 15) is 14.4 Å². The number of carbonyl (C=O) groups excluding carboxylic acids is 3. The molecule has 0 N–H and O–H groups in total. The second-order valence-corrected chi connectivity index (χ2v) is 5.47. The summed E-state index contributed by atoms with van der Waals surface area (Å²) >= 11 is 0. The van der Waals surface area contributed by atoms with Crippen LogP contribution in [0.4, 0.5) is 0 Å². The third-order valence-corrected chi connectivity index (χ3v) is 3.73. The number of ketones is 1. The van der Waals surface area contributed by atoms with Crippen molar-refractivity contribution in [3.05, 3.63) is 71.8 Å². The second-order valence-electron chi connectivity index (χ2n) is 5.47. The number of rotatable bonds is 5. The molecule has 1 fully saturated rings. The van der Waals surface area contributed by atoms with Gasteiger partial charge in [-0.05, 0) is 24.3 Å². The van der Waals surface area contributed by atoms with Crippen LogP contribution < -0.4 is 0 Å². The highest BCUT2D eigenvalue weighted by Crippen LogP contribution is 2.17. The monoisotopic (exact) mass is 340 g/mol. The highest BCUT2D eigenvalue weighted by molar-refractivity contribution is 5.94. The van der Waals surface area contributed by atoms with Crippen LogP contribution in [0.15, 0.2) is 60.7 Å². The zero-order chi connectivity index (χ0) is 17.6. The largest absolute Gasteiger partial charge is 0.459 e. The average molecular weight is 340 g/mol. The third kappa shape index (κ3) is 4.10. The van der Waals surface area contributed by atoms with Crippen molar-refractivity contribution in [2.75, 3.05) is 13.2 Å². The number of hydrogen-bond donors (Lipinski definition) is 0. The molecule has 0 aromatic heterocycles.